The first-order chi connectivity index (χ1) is 16.0. The summed E-state index contributed by atoms with van der Waals surface area (Å²) in [7, 11) is 0. The third kappa shape index (κ3) is 6.14. The molecule has 10 heteroatoms. The molecule has 0 unspecified atom stereocenters. The topological polar surface area (TPSA) is 123 Å². The van der Waals surface area contributed by atoms with Crippen molar-refractivity contribution in [2.45, 2.75) is 69.2 Å². The number of benzene rings is 1. The van der Waals surface area contributed by atoms with E-state index >= 15 is 0 Å². The largest absolute Gasteiger partial charge is 0.339 e. The van der Waals surface area contributed by atoms with Gasteiger partial charge >= 0.3 is 0 Å². The first kappa shape index (κ1) is 31.1. The number of nitrogens with one attached hydrogen (secondary N) is 2. The van der Waals surface area contributed by atoms with Gasteiger partial charge in [-0.25, -0.2) is 10.8 Å². The quantitative estimate of drug-likeness (QED) is 0.139. The number of unbranched alkanes of at least 4 members (excludes halogenated alkanes) is 1. The predicted octanol–water partition coefficient (Wildman–Crippen LogP) is 4.65. The fourth-order valence-electron chi connectivity index (χ4n) is 7.27. The van der Waals surface area contributed by atoms with E-state index in [1.165, 1.54) is 44.1 Å². The Morgan fingerprint density at radius 1 is 1.00 bits per heavy atom. The Labute approximate surface area is 244 Å². The summed E-state index contributed by atoms with van der Waals surface area (Å²) in [5.74, 6) is 7.06. The highest BCUT2D eigenvalue weighted by Crippen LogP contribution is 2.61. The van der Waals surface area contributed by atoms with E-state index in [4.69, 9.17) is 16.6 Å². The number of halogens is 3. The van der Waals surface area contributed by atoms with Gasteiger partial charge in [0, 0.05) is 5.39 Å². The van der Waals surface area contributed by atoms with Gasteiger partial charge in [0.25, 0.3) is 11.8 Å². The fraction of sp³-hybridized carbons (Fsp3) is 0.577. The lowest BCUT2D eigenvalue weighted by molar-refractivity contribution is -0.123. The van der Waals surface area contributed by atoms with E-state index in [1.807, 2.05) is 18.2 Å². The van der Waals surface area contributed by atoms with Crippen molar-refractivity contribution in [3.05, 3.63) is 41.6 Å². The Morgan fingerprint density at radius 2 is 1.61 bits per heavy atom. The summed E-state index contributed by atoms with van der Waals surface area (Å²) in [6.07, 6.45) is 9.76. The number of hydrogen-bond acceptors (Lipinski definition) is 5. The van der Waals surface area contributed by atoms with Crippen molar-refractivity contribution in [1.29, 1.82) is 0 Å². The third-order valence-corrected chi connectivity index (χ3v) is 8.27. The maximum atomic E-state index is 13.3. The normalized spacial score (nSPS) is 26.2. The Bertz CT molecular complexity index is 1030. The molecule has 4 fully saturated rings. The van der Waals surface area contributed by atoms with Crippen LogP contribution in [0.25, 0.3) is 10.9 Å². The van der Waals surface area contributed by atoms with E-state index in [0.717, 1.165) is 41.5 Å². The fourth-order valence-corrected chi connectivity index (χ4v) is 7.27. The molecular formula is C26H38Br3N5O2. The summed E-state index contributed by atoms with van der Waals surface area (Å²) in [6, 6.07) is 9.48. The number of nitrogens with zero attached hydrogens (tertiary/aromatic N) is 1. The molecule has 0 radical (unpaired) electrons. The van der Waals surface area contributed by atoms with Gasteiger partial charge in [0.2, 0.25) is 0 Å². The molecule has 6 rings (SSSR count). The average Bonchev–Trinajstić information content (AvgIpc) is 2.81. The highest BCUT2D eigenvalue weighted by atomic mass is 79.9. The molecule has 1 heterocycles. The van der Waals surface area contributed by atoms with E-state index in [9.17, 15) is 9.59 Å². The SMILES string of the molecule is Br.Br.Br.NCCCC[C@H](NC(=O)c1cc(C23CC4CC(CC(C4)C2)C3)c2ccccc2n1)C(=O)NN. The molecule has 4 aliphatic rings. The van der Waals surface area contributed by atoms with Crippen molar-refractivity contribution >= 4 is 73.7 Å². The molecule has 2 amide bonds. The van der Waals surface area contributed by atoms with E-state index < -0.39 is 11.9 Å². The minimum atomic E-state index is -0.703. The van der Waals surface area contributed by atoms with Gasteiger partial charge in [-0.05, 0) is 105 Å². The van der Waals surface area contributed by atoms with Crippen LogP contribution in [0.5, 0.6) is 0 Å². The first-order valence-electron chi connectivity index (χ1n) is 12.4. The molecule has 6 N–H and O–H groups in total. The number of hydrogen-bond donors (Lipinski definition) is 4. The standard InChI is InChI=1S/C26H35N5O2.3BrH/c27-8-4-3-7-22(25(33)31-28)30-24(32)23-12-20(19-5-1-2-6-21(19)29-23)26-13-16-9-17(14-26)11-18(10-16)15-26;;;/h1-2,5-6,12,16-18,22H,3-4,7-11,13-15,27-28H2,(H,30,32)(H,31,33);3*1H/t16?,17?,18?,22-,26?;;;/m0.../s1. The highest BCUT2D eigenvalue weighted by molar-refractivity contribution is 8.93. The van der Waals surface area contributed by atoms with Crippen LogP contribution in [0, 0.1) is 17.8 Å². The predicted molar refractivity (Wildman–Crippen MR) is 159 cm³/mol. The van der Waals surface area contributed by atoms with E-state index in [0.29, 0.717) is 18.7 Å². The second-order valence-corrected chi connectivity index (χ2v) is 10.6. The van der Waals surface area contributed by atoms with Crippen LogP contribution in [-0.4, -0.2) is 29.4 Å². The number of fused-ring (bicyclic) bond motifs is 1. The number of hydrazine groups is 1. The maximum absolute atomic E-state index is 13.3. The van der Waals surface area contributed by atoms with Gasteiger partial charge in [0.1, 0.15) is 11.7 Å². The molecular weight excluding hydrogens is 654 g/mol. The van der Waals surface area contributed by atoms with Crippen LogP contribution in [0.15, 0.2) is 30.3 Å². The van der Waals surface area contributed by atoms with Crippen LogP contribution in [0.1, 0.15) is 73.8 Å². The number of nitrogens with two attached hydrogens (primary N) is 2. The molecule has 2 aromatic rings. The number of pyridine rings is 1. The number of carbonyl (C=O) groups excluding carboxylic acids is 2. The van der Waals surface area contributed by atoms with Crippen LogP contribution in [-0.2, 0) is 10.2 Å². The van der Waals surface area contributed by atoms with Gasteiger partial charge in [-0.15, -0.1) is 50.9 Å². The summed E-state index contributed by atoms with van der Waals surface area (Å²) >= 11 is 0. The summed E-state index contributed by atoms with van der Waals surface area (Å²) in [4.78, 5) is 30.3. The van der Waals surface area contributed by atoms with Crippen molar-refractivity contribution in [2.24, 2.45) is 29.3 Å². The Morgan fingerprint density at radius 3 is 2.19 bits per heavy atom. The highest BCUT2D eigenvalue weighted by Gasteiger charge is 2.52. The molecule has 4 saturated carbocycles. The Kier molecular flexibility index (Phi) is 11.4. The molecule has 200 valence electrons. The molecule has 4 aliphatic carbocycles. The average molecular weight is 692 g/mol. The molecule has 1 atom stereocenters. The van der Waals surface area contributed by atoms with Gasteiger partial charge in [0.05, 0.1) is 5.52 Å². The molecule has 0 saturated heterocycles. The van der Waals surface area contributed by atoms with Crippen molar-refractivity contribution in [3.8, 4) is 0 Å². The Balaban J connectivity index is 0.00000152. The van der Waals surface area contributed by atoms with Crippen molar-refractivity contribution in [1.82, 2.24) is 15.7 Å². The second kappa shape index (κ2) is 13.1. The van der Waals surface area contributed by atoms with Gasteiger partial charge in [-0.1, -0.05) is 18.2 Å². The third-order valence-electron chi connectivity index (χ3n) is 8.27. The van der Waals surface area contributed by atoms with Crippen molar-refractivity contribution in [2.75, 3.05) is 6.54 Å². The van der Waals surface area contributed by atoms with E-state index in [2.05, 4.69) is 22.9 Å². The van der Waals surface area contributed by atoms with Gasteiger partial charge in [-0.3, -0.25) is 15.0 Å². The molecule has 0 aliphatic heterocycles. The summed E-state index contributed by atoms with van der Waals surface area (Å²) in [5, 5.41) is 4.04. The molecule has 1 aromatic heterocycles. The maximum Gasteiger partial charge on any atom is 0.270 e. The van der Waals surface area contributed by atoms with Crippen molar-refractivity contribution in [3.63, 3.8) is 0 Å². The van der Waals surface area contributed by atoms with Crippen LogP contribution in [0.2, 0.25) is 0 Å². The van der Waals surface area contributed by atoms with Crippen LogP contribution >= 0.6 is 50.9 Å². The number of aromatic nitrogens is 1. The molecule has 0 spiro atoms. The number of amides is 2. The molecule has 4 bridgehead atoms. The van der Waals surface area contributed by atoms with Crippen LogP contribution < -0.4 is 22.3 Å². The van der Waals surface area contributed by atoms with Gasteiger partial charge in [0.15, 0.2) is 0 Å². The van der Waals surface area contributed by atoms with E-state index in [1.54, 1.807) is 0 Å². The van der Waals surface area contributed by atoms with E-state index in [-0.39, 0.29) is 62.3 Å². The Hall–Kier alpha value is -1.07. The van der Waals surface area contributed by atoms with Crippen LogP contribution in [0.4, 0.5) is 0 Å². The summed E-state index contributed by atoms with van der Waals surface area (Å²) in [5.41, 5.74) is 10.4. The summed E-state index contributed by atoms with van der Waals surface area (Å²) in [6.45, 7) is 0.547. The first-order valence-corrected chi connectivity index (χ1v) is 12.4. The number of rotatable bonds is 8. The van der Waals surface area contributed by atoms with Crippen molar-refractivity contribution < 1.29 is 9.59 Å². The summed E-state index contributed by atoms with van der Waals surface area (Å²) < 4.78 is 0. The zero-order chi connectivity index (χ0) is 23.0. The second-order valence-electron chi connectivity index (χ2n) is 10.6. The van der Waals surface area contributed by atoms with Gasteiger partial charge in [-0.2, -0.15) is 0 Å². The monoisotopic (exact) mass is 689 g/mol. The molecule has 7 nitrogen and oxygen atoms in total. The lowest BCUT2D eigenvalue weighted by Crippen LogP contribution is -2.49. The lowest BCUT2D eigenvalue weighted by atomic mass is 9.48. The zero-order valence-electron chi connectivity index (χ0n) is 20.4. The van der Waals surface area contributed by atoms with Crippen LogP contribution in [0.3, 0.4) is 0 Å². The minimum absolute atomic E-state index is 0. The number of carbonyl (C=O) groups is 2. The van der Waals surface area contributed by atoms with Gasteiger partial charge < -0.3 is 11.1 Å². The number of para-hydroxylation sites is 1. The smallest absolute Gasteiger partial charge is 0.270 e. The molecule has 1 aromatic carbocycles. The minimum Gasteiger partial charge on any atom is -0.339 e. The molecule has 36 heavy (non-hydrogen) atoms. The lowest BCUT2D eigenvalue weighted by Gasteiger charge is -2.57. The zero-order valence-corrected chi connectivity index (χ0v) is 25.5.